The van der Waals surface area contributed by atoms with Crippen LogP contribution in [-0.2, 0) is 10.0 Å². The van der Waals surface area contributed by atoms with Crippen LogP contribution in [0, 0.1) is 5.92 Å². The van der Waals surface area contributed by atoms with Gasteiger partial charge in [-0.05, 0) is 38.8 Å². The zero-order valence-corrected chi connectivity index (χ0v) is 11.2. The van der Waals surface area contributed by atoms with Crippen molar-refractivity contribution in [1.82, 2.24) is 25.2 Å². The molecule has 2 heterocycles. The second-order valence-electron chi connectivity index (χ2n) is 4.69. The lowest BCUT2D eigenvalue weighted by molar-refractivity contribution is 0.399. The van der Waals surface area contributed by atoms with Crippen LogP contribution in [0.5, 0.6) is 0 Å². The van der Waals surface area contributed by atoms with Crippen molar-refractivity contribution in [2.75, 3.05) is 18.8 Å². The quantitative estimate of drug-likeness (QED) is 0.689. The average molecular weight is 273 g/mol. The maximum atomic E-state index is 12.0. The summed E-state index contributed by atoms with van der Waals surface area (Å²) in [6.45, 7) is 3.55. The molecule has 0 aromatic carbocycles. The number of H-pyrrole nitrogens is 1. The molecule has 1 aromatic rings. The third-order valence-electron chi connectivity index (χ3n) is 3.11. The molecule has 0 spiro atoms. The van der Waals surface area contributed by atoms with Gasteiger partial charge in [0.15, 0.2) is 0 Å². The van der Waals surface area contributed by atoms with Crippen molar-refractivity contribution in [2.45, 2.75) is 25.8 Å². The van der Waals surface area contributed by atoms with Crippen molar-refractivity contribution >= 4 is 10.0 Å². The first kappa shape index (κ1) is 13.4. The highest BCUT2D eigenvalue weighted by atomic mass is 32.2. The number of nitrogens with one attached hydrogen (secondary N) is 3. The van der Waals surface area contributed by atoms with E-state index in [1.54, 1.807) is 6.92 Å². The minimum atomic E-state index is -3.27. The van der Waals surface area contributed by atoms with Crippen molar-refractivity contribution in [1.29, 1.82) is 0 Å². The van der Waals surface area contributed by atoms with E-state index in [0.29, 0.717) is 5.82 Å². The Hall–Kier alpha value is -0.990. The van der Waals surface area contributed by atoms with E-state index in [9.17, 15) is 8.42 Å². The van der Waals surface area contributed by atoms with Gasteiger partial charge in [-0.15, -0.1) is 0 Å². The zero-order chi connectivity index (χ0) is 13.0. The number of sulfonamides is 1. The second kappa shape index (κ2) is 5.77. The van der Waals surface area contributed by atoms with Crippen molar-refractivity contribution in [3.63, 3.8) is 0 Å². The minimum Gasteiger partial charge on any atom is -0.317 e. The van der Waals surface area contributed by atoms with Crippen LogP contribution in [0.25, 0.3) is 0 Å². The molecule has 1 unspecified atom stereocenters. The molecule has 2 rings (SSSR count). The molecule has 1 aromatic heterocycles. The molecule has 0 bridgehead atoms. The SMILES string of the molecule is CC(NS(=O)(=O)CC1CCNCC1)c1ncn[nH]1. The number of nitrogens with zero attached hydrogens (tertiary/aromatic N) is 2. The van der Waals surface area contributed by atoms with Gasteiger partial charge >= 0.3 is 0 Å². The molecular formula is C10H19N5O2S. The van der Waals surface area contributed by atoms with Crippen LogP contribution in [0.1, 0.15) is 31.6 Å². The topological polar surface area (TPSA) is 99.8 Å². The van der Waals surface area contributed by atoms with Gasteiger partial charge in [0.1, 0.15) is 12.2 Å². The van der Waals surface area contributed by atoms with Gasteiger partial charge in [0, 0.05) is 0 Å². The normalized spacial score (nSPS) is 19.8. The number of piperidine rings is 1. The molecule has 0 radical (unpaired) electrons. The van der Waals surface area contributed by atoms with Crippen LogP contribution in [0.4, 0.5) is 0 Å². The van der Waals surface area contributed by atoms with Gasteiger partial charge in [0.05, 0.1) is 11.8 Å². The summed E-state index contributed by atoms with van der Waals surface area (Å²) in [6, 6.07) is -0.376. The minimum absolute atomic E-state index is 0.188. The number of aromatic nitrogens is 3. The van der Waals surface area contributed by atoms with E-state index in [-0.39, 0.29) is 17.7 Å². The van der Waals surface area contributed by atoms with Gasteiger partial charge in [-0.2, -0.15) is 5.10 Å². The van der Waals surface area contributed by atoms with E-state index in [2.05, 4.69) is 25.2 Å². The largest absolute Gasteiger partial charge is 0.317 e. The van der Waals surface area contributed by atoms with Gasteiger partial charge in [0.2, 0.25) is 10.0 Å². The van der Waals surface area contributed by atoms with E-state index >= 15 is 0 Å². The van der Waals surface area contributed by atoms with Gasteiger partial charge in [0.25, 0.3) is 0 Å². The Morgan fingerprint density at radius 1 is 1.50 bits per heavy atom. The lowest BCUT2D eigenvalue weighted by atomic mass is 10.0. The van der Waals surface area contributed by atoms with E-state index in [1.165, 1.54) is 6.33 Å². The van der Waals surface area contributed by atoms with E-state index in [4.69, 9.17) is 0 Å². The Kier molecular flexibility index (Phi) is 4.31. The number of rotatable bonds is 5. The second-order valence-corrected chi connectivity index (χ2v) is 6.48. The van der Waals surface area contributed by atoms with E-state index < -0.39 is 10.0 Å². The van der Waals surface area contributed by atoms with Crippen LogP contribution in [0.3, 0.4) is 0 Å². The highest BCUT2D eigenvalue weighted by Crippen LogP contribution is 2.15. The Morgan fingerprint density at radius 3 is 2.83 bits per heavy atom. The van der Waals surface area contributed by atoms with Crippen LogP contribution >= 0.6 is 0 Å². The molecule has 1 atom stereocenters. The third-order valence-corrected chi connectivity index (χ3v) is 4.74. The van der Waals surface area contributed by atoms with Gasteiger partial charge in [-0.1, -0.05) is 0 Å². The van der Waals surface area contributed by atoms with Crippen LogP contribution in [0.15, 0.2) is 6.33 Å². The summed E-state index contributed by atoms with van der Waals surface area (Å²) in [7, 11) is -3.27. The highest BCUT2D eigenvalue weighted by molar-refractivity contribution is 7.89. The van der Waals surface area contributed by atoms with Gasteiger partial charge < -0.3 is 5.32 Å². The van der Waals surface area contributed by atoms with Crippen LogP contribution in [-0.4, -0.2) is 42.4 Å². The van der Waals surface area contributed by atoms with Crippen molar-refractivity contribution in [2.24, 2.45) is 5.92 Å². The molecule has 8 heteroatoms. The first-order chi connectivity index (χ1) is 8.57. The smallest absolute Gasteiger partial charge is 0.212 e. The molecule has 7 nitrogen and oxygen atoms in total. The Bertz CT molecular complexity index is 453. The molecule has 1 saturated heterocycles. The predicted octanol–water partition coefficient (Wildman–Crippen LogP) is -0.215. The molecule has 1 aliphatic heterocycles. The highest BCUT2D eigenvalue weighted by Gasteiger charge is 2.23. The lowest BCUT2D eigenvalue weighted by Crippen LogP contribution is -2.36. The standard InChI is InChI=1S/C10H19N5O2S/c1-8(10-12-7-13-14-10)15-18(16,17)6-9-2-4-11-5-3-9/h7-9,11,15H,2-6H2,1H3,(H,12,13,14). The Balaban J connectivity index is 1.90. The summed E-state index contributed by atoms with van der Waals surface area (Å²) in [5, 5.41) is 9.60. The summed E-state index contributed by atoms with van der Waals surface area (Å²) in [5.74, 6) is 0.960. The Labute approximate surface area is 107 Å². The van der Waals surface area contributed by atoms with Gasteiger partial charge in [-0.25, -0.2) is 18.1 Å². The molecular weight excluding hydrogens is 254 g/mol. The van der Waals surface area contributed by atoms with E-state index in [1.807, 2.05) is 0 Å². The predicted molar refractivity (Wildman–Crippen MR) is 67.3 cm³/mol. The maximum absolute atomic E-state index is 12.0. The molecule has 102 valence electrons. The Morgan fingerprint density at radius 2 is 2.22 bits per heavy atom. The third kappa shape index (κ3) is 3.76. The van der Waals surface area contributed by atoms with Crippen molar-refractivity contribution in [3.8, 4) is 0 Å². The van der Waals surface area contributed by atoms with Crippen molar-refractivity contribution < 1.29 is 8.42 Å². The monoisotopic (exact) mass is 273 g/mol. The fourth-order valence-electron chi connectivity index (χ4n) is 2.16. The van der Waals surface area contributed by atoms with Crippen LogP contribution in [0.2, 0.25) is 0 Å². The molecule has 1 aliphatic rings. The zero-order valence-electron chi connectivity index (χ0n) is 10.4. The van der Waals surface area contributed by atoms with Gasteiger partial charge in [-0.3, -0.25) is 5.10 Å². The first-order valence-corrected chi connectivity index (χ1v) is 7.78. The first-order valence-electron chi connectivity index (χ1n) is 6.13. The van der Waals surface area contributed by atoms with E-state index in [0.717, 1.165) is 25.9 Å². The number of hydrogen-bond donors (Lipinski definition) is 3. The molecule has 0 saturated carbocycles. The average Bonchev–Trinajstić information content (AvgIpc) is 2.82. The molecule has 18 heavy (non-hydrogen) atoms. The van der Waals surface area contributed by atoms with Crippen molar-refractivity contribution in [3.05, 3.63) is 12.2 Å². The lowest BCUT2D eigenvalue weighted by Gasteiger charge is -2.23. The summed E-state index contributed by atoms with van der Waals surface area (Å²) in [5.41, 5.74) is 0. The maximum Gasteiger partial charge on any atom is 0.212 e. The summed E-state index contributed by atoms with van der Waals surface area (Å²) >= 11 is 0. The number of aromatic amines is 1. The fourth-order valence-corrected chi connectivity index (χ4v) is 3.86. The summed E-state index contributed by atoms with van der Waals surface area (Å²) in [4.78, 5) is 3.94. The molecule has 0 aliphatic carbocycles. The fraction of sp³-hybridized carbons (Fsp3) is 0.800. The van der Waals surface area contributed by atoms with Crippen LogP contribution < -0.4 is 10.0 Å². The molecule has 1 fully saturated rings. The molecule has 0 amide bonds. The summed E-state index contributed by atoms with van der Waals surface area (Å²) < 4.78 is 26.6. The number of hydrogen-bond acceptors (Lipinski definition) is 5. The molecule has 3 N–H and O–H groups in total. The summed E-state index contributed by atoms with van der Waals surface area (Å²) in [6.07, 6.45) is 3.20.